The van der Waals surface area contributed by atoms with Gasteiger partial charge in [-0.2, -0.15) is 5.10 Å². The third-order valence-electron chi connectivity index (χ3n) is 2.75. The van der Waals surface area contributed by atoms with Gasteiger partial charge in [0.05, 0.1) is 16.8 Å². The van der Waals surface area contributed by atoms with Gasteiger partial charge in [-0.25, -0.2) is 9.97 Å². The van der Waals surface area contributed by atoms with Gasteiger partial charge in [0.2, 0.25) is 5.91 Å². The smallest absolute Gasteiger partial charge is 0.244 e. The van der Waals surface area contributed by atoms with E-state index in [4.69, 9.17) is 0 Å². The van der Waals surface area contributed by atoms with E-state index in [-0.39, 0.29) is 5.91 Å². The van der Waals surface area contributed by atoms with Gasteiger partial charge in [-0.3, -0.25) is 9.89 Å². The SMILES string of the molecule is Cc1nc(CNC(=O)/C=C/c2nc3ccccc3s2)n[nH]1. The first-order valence-corrected chi connectivity index (χ1v) is 7.22. The second kappa shape index (κ2) is 5.84. The molecule has 0 bridgehead atoms. The van der Waals surface area contributed by atoms with Crippen molar-refractivity contribution in [3.8, 4) is 0 Å². The monoisotopic (exact) mass is 299 g/mol. The number of para-hydroxylation sites is 1. The lowest BCUT2D eigenvalue weighted by Crippen LogP contribution is -2.20. The zero-order chi connectivity index (χ0) is 14.7. The lowest BCUT2D eigenvalue weighted by Gasteiger charge is -1.96. The van der Waals surface area contributed by atoms with E-state index in [1.165, 1.54) is 6.08 Å². The topological polar surface area (TPSA) is 83.6 Å². The fourth-order valence-corrected chi connectivity index (χ4v) is 2.67. The fourth-order valence-electron chi connectivity index (χ4n) is 1.80. The molecule has 0 aliphatic rings. The van der Waals surface area contributed by atoms with Gasteiger partial charge in [-0.15, -0.1) is 11.3 Å². The number of rotatable bonds is 4. The average Bonchev–Trinajstić information content (AvgIpc) is 3.08. The molecule has 3 rings (SSSR count). The van der Waals surface area contributed by atoms with Crippen LogP contribution in [0.3, 0.4) is 0 Å². The van der Waals surface area contributed by atoms with E-state index in [9.17, 15) is 4.79 Å². The number of amides is 1. The van der Waals surface area contributed by atoms with E-state index in [0.29, 0.717) is 12.4 Å². The van der Waals surface area contributed by atoms with Gasteiger partial charge in [0.15, 0.2) is 5.82 Å². The van der Waals surface area contributed by atoms with Gasteiger partial charge >= 0.3 is 0 Å². The maximum Gasteiger partial charge on any atom is 0.244 e. The van der Waals surface area contributed by atoms with E-state index < -0.39 is 0 Å². The standard InChI is InChI=1S/C14H13N5OS/c1-9-16-12(19-18-9)8-15-13(20)6-7-14-17-10-4-2-3-5-11(10)21-14/h2-7H,8H2,1H3,(H,15,20)(H,16,18,19)/b7-6+. The van der Waals surface area contributed by atoms with Crippen LogP contribution in [0.4, 0.5) is 0 Å². The van der Waals surface area contributed by atoms with Crippen LogP contribution < -0.4 is 5.32 Å². The molecule has 3 aromatic rings. The summed E-state index contributed by atoms with van der Waals surface area (Å²) in [6.07, 6.45) is 3.18. The summed E-state index contributed by atoms with van der Waals surface area (Å²) in [5.41, 5.74) is 0.943. The van der Waals surface area contributed by atoms with E-state index in [2.05, 4.69) is 25.5 Å². The first-order valence-electron chi connectivity index (χ1n) is 6.40. The number of hydrogen-bond acceptors (Lipinski definition) is 5. The van der Waals surface area contributed by atoms with Crippen LogP contribution in [0.25, 0.3) is 16.3 Å². The van der Waals surface area contributed by atoms with Crippen LogP contribution in [0.15, 0.2) is 30.3 Å². The number of H-pyrrole nitrogens is 1. The Morgan fingerprint density at radius 3 is 3.00 bits per heavy atom. The summed E-state index contributed by atoms with van der Waals surface area (Å²) in [6, 6.07) is 7.88. The van der Waals surface area contributed by atoms with Crippen LogP contribution in [-0.4, -0.2) is 26.1 Å². The van der Waals surface area contributed by atoms with Gasteiger partial charge in [0.25, 0.3) is 0 Å². The summed E-state index contributed by atoms with van der Waals surface area (Å²) in [7, 11) is 0. The Bertz CT molecular complexity index is 771. The van der Waals surface area contributed by atoms with E-state index in [1.807, 2.05) is 31.2 Å². The van der Waals surface area contributed by atoms with Crippen molar-refractivity contribution >= 4 is 33.5 Å². The Labute approximate surface area is 124 Å². The zero-order valence-corrected chi connectivity index (χ0v) is 12.1. The Morgan fingerprint density at radius 2 is 2.24 bits per heavy atom. The maximum atomic E-state index is 11.7. The number of nitrogens with zero attached hydrogens (tertiary/aromatic N) is 3. The molecule has 0 saturated heterocycles. The van der Waals surface area contributed by atoms with Crippen molar-refractivity contribution in [3.63, 3.8) is 0 Å². The van der Waals surface area contributed by atoms with Crippen LogP contribution in [0, 0.1) is 6.92 Å². The molecule has 2 aromatic heterocycles. The van der Waals surface area contributed by atoms with Crippen molar-refractivity contribution in [1.29, 1.82) is 0 Å². The van der Waals surface area contributed by atoms with Gasteiger partial charge in [-0.05, 0) is 25.1 Å². The minimum atomic E-state index is -0.197. The number of carbonyl (C=O) groups excluding carboxylic acids is 1. The summed E-state index contributed by atoms with van der Waals surface area (Å²) in [6.45, 7) is 2.11. The number of fused-ring (bicyclic) bond motifs is 1. The van der Waals surface area contributed by atoms with Crippen LogP contribution >= 0.6 is 11.3 Å². The number of carbonyl (C=O) groups is 1. The zero-order valence-electron chi connectivity index (χ0n) is 11.3. The molecule has 2 heterocycles. The summed E-state index contributed by atoms with van der Waals surface area (Å²) < 4.78 is 1.11. The highest BCUT2D eigenvalue weighted by Gasteiger charge is 2.03. The Hall–Kier alpha value is -2.54. The largest absolute Gasteiger partial charge is 0.345 e. The number of aromatic amines is 1. The average molecular weight is 299 g/mol. The first kappa shape index (κ1) is 13.4. The normalized spacial score (nSPS) is 11.3. The molecule has 0 fully saturated rings. The molecule has 1 amide bonds. The summed E-state index contributed by atoms with van der Waals surface area (Å²) in [5.74, 6) is 1.09. The molecule has 0 aliphatic heterocycles. The highest BCUT2D eigenvalue weighted by atomic mass is 32.1. The maximum absolute atomic E-state index is 11.7. The molecule has 21 heavy (non-hydrogen) atoms. The lowest BCUT2D eigenvalue weighted by atomic mass is 10.3. The second-order valence-electron chi connectivity index (χ2n) is 4.41. The molecule has 0 saturated carbocycles. The third-order valence-corrected chi connectivity index (χ3v) is 3.75. The number of aryl methyl sites for hydroxylation is 1. The number of benzene rings is 1. The van der Waals surface area contributed by atoms with Gasteiger partial charge in [0, 0.05) is 6.08 Å². The quantitative estimate of drug-likeness (QED) is 0.722. The lowest BCUT2D eigenvalue weighted by molar-refractivity contribution is -0.116. The summed E-state index contributed by atoms with van der Waals surface area (Å²) >= 11 is 1.55. The summed E-state index contributed by atoms with van der Waals surface area (Å²) in [5, 5.41) is 10.2. The van der Waals surface area contributed by atoms with Crippen molar-refractivity contribution in [3.05, 3.63) is 47.0 Å². The molecule has 0 spiro atoms. The Balaban J connectivity index is 1.61. The first-order chi connectivity index (χ1) is 10.2. The van der Waals surface area contributed by atoms with Crippen molar-refractivity contribution in [2.75, 3.05) is 0 Å². The molecule has 0 atom stereocenters. The molecular formula is C14H13N5OS. The van der Waals surface area contributed by atoms with Gasteiger partial charge < -0.3 is 5.32 Å². The van der Waals surface area contributed by atoms with E-state index >= 15 is 0 Å². The van der Waals surface area contributed by atoms with E-state index in [1.54, 1.807) is 17.4 Å². The fraction of sp³-hybridized carbons (Fsp3) is 0.143. The van der Waals surface area contributed by atoms with Crippen LogP contribution in [0.5, 0.6) is 0 Å². The van der Waals surface area contributed by atoms with Gasteiger partial charge in [-0.1, -0.05) is 12.1 Å². The minimum Gasteiger partial charge on any atom is -0.345 e. The number of aromatic nitrogens is 4. The minimum absolute atomic E-state index is 0.197. The van der Waals surface area contributed by atoms with Crippen LogP contribution in [0.1, 0.15) is 16.7 Å². The molecular weight excluding hydrogens is 286 g/mol. The molecule has 2 N–H and O–H groups in total. The molecule has 0 radical (unpaired) electrons. The number of hydrogen-bond donors (Lipinski definition) is 2. The predicted molar refractivity (Wildman–Crippen MR) is 81.6 cm³/mol. The molecule has 6 nitrogen and oxygen atoms in total. The summed E-state index contributed by atoms with van der Waals surface area (Å²) in [4.78, 5) is 20.3. The van der Waals surface area contributed by atoms with Crippen molar-refractivity contribution in [2.45, 2.75) is 13.5 Å². The molecule has 1 aromatic carbocycles. The Morgan fingerprint density at radius 1 is 1.38 bits per heavy atom. The third kappa shape index (κ3) is 3.32. The number of thiazole rings is 1. The number of nitrogens with one attached hydrogen (secondary N) is 2. The molecule has 0 unspecified atom stereocenters. The molecule has 0 aliphatic carbocycles. The van der Waals surface area contributed by atoms with E-state index in [0.717, 1.165) is 21.0 Å². The molecule has 106 valence electrons. The van der Waals surface area contributed by atoms with Crippen molar-refractivity contribution in [1.82, 2.24) is 25.5 Å². The van der Waals surface area contributed by atoms with Crippen molar-refractivity contribution < 1.29 is 4.79 Å². The highest BCUT2D eigenvalue weighted by Crippen LogP contribution is 2.22. The second-order valence-corrected chi connectivity index (χ2v) is 5.47. The highest BCUT2D eigenvalue weighted by molar-refractivity contribution is 7.19. The predicted octanol–water partition coefficient (Wildman–Crippen LogP) is 2.05. The van der Waals surface area contributed by atoms with Gasteiger partial charge in [0.1, 0.15) is 10.8 Å². The van der Waals surface area contributed by atoms with Crippen LogP contribution in [0.2, 0.25) is 0 Å². The molecule has 7 heteroatoms. The Kier molecular flexibility index (Phi) is 3.74. The van der Waals surface area contributed by atoms with Crippen LogP contribution in [-0.2, 0) is 11.3 Å². The van der Waals surface area contributed by atoms with Crippen molar-refractivity contribution in [2.24, 2.45) is 0 Å².